The van der Waals surface area contributed by atoms with Crippen molar-refractivity contribution in [1.82, 2.24) is 29.2 Å². The molecule has 0 spiro atoms. The number of aryl methyl sites for hydroxylation is 2. The normalized spacial score (nSPS) is 16.2. The highest BCUT2D eigenvalue weighted by atomic mass is 16.2. The Hall–Kier alpha value is -7.85. The van der Waals surface area contributed by atoms with Crippen molar-refractivity contribution in [3.63, 3.8) is 0 Å². The summed E-state index contributed by atoms with van der Waals surface area (Å²) in [5.74, 6) is 0.104. The second kappa shape index (κ2) is 24.1. The summed E-state index contributed by atoms with van der Waals surface area (Å²) >= 11 is 0. The molecule has 4 aromatic carbocycles. The summed E-state index contributed by atoms with van der Waals surface area (Å²) < 4.78 is 3.69. The lowest BCUT2D eigenvalue weighted by molar-refractivity contribution is 0.0729. The molecule has 0 atom stereocenters. The van der Waals surface area contributed by atoms with Crippen LogP contribution in [0.3, 0.4) is 0 Å². The Morgan fingerprint density at radius 3 is 1.61 bits per heavy atom. The molecule has 4 aliphatic heterocycles. The van der Waals surface area contributed by atoms with Gasteiger partial charge in [0.2, 0.25) is 5.69 Å². The molecular weight excluding hydrogens is 889 g/mol. The van der Waals surface area contributed by atoms with E-state index in [0.29, 0.717) is 24.3 Å². The lowest BCUT2D eigenvalue weighted by Gasteiger charge is -2.36. The van der Waals surface area contributed by atoms with E-state index in [2.05, 4.69) is 89.4 Å². The van der Waals surface area contributed by atoms with Gasteiger partial charge in [-0.3, -0.25) is 19.3 Å². The second-order valence-electron chi connectivity index (χ2n) is 18.2. The third kappa shape index (κ3) is 12.5. The van der Waals surface area contributed by atoms with E-state index in [9.17, 15) is 19.6 Å². The maximum absolute atomic E-state index is 13.3. The fraction of sp³-hybridized carbons (Fsp3) is 0.339. The van der Waals surface area contributed by atoms with Gasteiger partial charge in [-0.15, -0.1) is 0 Å². The monoisotopic (exact) mass is 953 g/mol. The maximum Gasteiger partial charge on any atom is 0.270 e. The number of piperazine rings is 4. The summed E-state index contributed by atoms with van der Waals surface area (Å²) in [5, 5.41) is 12.7. The van der Waals surface area contributed by atoms with Gasteiger partial charge in [-0.1, -0.05) is 66.7 Å². The van der Waals surface area contributed by atoms with Gasteiger partial charge in [-0.25, -0.2) is 4.85 Å². The van der Waals surface area contributed by atoms with E-state index in [1.54, 1.807) is 23.9 Å². The minimum atomic E-state index is -0.0108. The van der Waals surface area contributed by atoms with Crippen LogP contribution in [-0.2, 0) is 20.6 Å². The Morgan fingerprint density at radius 2 is 1.07 bits per heavy atom. The minimum Gasteiger partial charge on any atom is -0.378 e. The number of anilines is 4. The zero-order valence-electron chi connectivity index (χ0n) is 40.9. The predicted octanol–water partition coefficient (Wildman–Crippen LogP) is 6.63. The number of carbonyl (C=O) groups excluding carboxylic acids is 3. The van der Waals surface area contributed by atoms with Gasteiger partial charge in [0.1, 0.15) is 17.5 Å². The molecule has 4 fully saturated rings. The number of hydrogen-bond acceptors (Lipinski definition) is 10. The van der Waals surface area contributed by atoms with Crippen molar-refractivity contribution in [3.05, 3.63) is 173 Å². The summed E-state index contributed by atoms with van der Waals surface area (Å²) in [6.07, 6.45) is 4.54. The van der Waals surface area contributed by atoms with Gasteiger partial charge in [0.15, 0.2) is 6.29 Å². The van der Waals surface area contributed by atoms with Gasteiger partial charge in [0, 0.05) is 160 Å². The van der Waals surface area contributed by atoms with Crippen molar-refractivity contribution in [1.29, 1.82) is 5.26 Å². The molecule has 15 nitrogen and oxygen atoms in total. The van der Waals surface area contributed by atoms with Crippen molar-refractivity contribution in [2.24, 2.45) is 14.1 Å². The molecule has 1 N–H and O–H groups in total. The van der Waals surface area contributed by atoms with Crippen molar-refractivity contribution in [3.8, 4) is 6.07 Å². The van der Waals surface area contributed by atoms with Crippen LogP contribution in [0.4, 0.5) is 28.4 Å². The number of nitriles is 1. The Morgan fingerprint density at radius 1 is 0.592 bits per heavy atom. The highest BCUT2D eigenvalue weighted by molar-refractivity contribution is 5.95. The number of nitrogens with one attached hydrogen (secondary N) is 1. The first-order chi connectivity index (χ1) is 34.7. The van der Waals surface area contributed by atoms with Crippen LogP contribution in [0.1, 0.15) is 42.5 Å². The molecule has 0 bridgehead atoms. The average molecular weight is 953 g/mol. The number of carbonyl (C=O) groups is 3. The molecule has 0 unspecified atom stereocenters. The Kier molecular flexibility index (Phi) is 16.8. The minimum absolute atomic E-state index is 0.0108. The predicted molar refractivity (Wildman–Crippen MR) is 282 cm³/mol. The maximum atomic E-state index is 13.3. The van der Waals surface area contributed by atoms with Gasteiger partial charge in [-0.05, 0) is 60.2 Å². The van der Waals surface area contributed by atoms with Crippen LogP contribution in [0.15, 0.2) is 134 Å². The van der Waals surface area contributed by atoms with Crippen LogP contribution < -0.4 is 24.9 Å². The van der Waals surface area contributed by atoms with E-state index < -0.39 is 0 Å². The first kappa shape index (κ1) is 49.6. The largest absolute Gasteiger partial charge is 0.378 e. The molecule has 6 heterocycles. The van der Waals surface area contributed by atoms with Gasteiger partial charge in [-0.2, -0.15) is 5.26 Å². The van der Waals surface area contributed by atoms with Crippen molar-refractivity contribution < 1.29 is 14.4 Å². The number of hydrogen-bond donors (Lipinski definition) is 1. The lowest BCUT2D eigenvalue weighted by Crippen LogP contribution is -2.49. The topological polar surface area (TPSA) is 124 Å². The molecule has 71 heavy (non-hydrogen) atoms. The van der Waals surface area contributed by atoms with Gasteiger partial charge >= 0.3 is 0 Å². The number of para-hydroxylation sites is 5. The molecule has 4 aliphatic rings. The van der Waals surface area contributed by atoms with Crippen molar-refractivity contribution >= 4 is 46.5 Å². The van der Waals surface area contributed by atoms with Crippen LogP contribution in [0.5, 0.6) is 0 Å². The third-order valence-corrected chi connectivity index (χ3v) is 13.6. The summed E-state index contributed by atoms with van der Waals surface area (Å²) in [6, 6.07) is 42.3. The third-order valence-electron chi connectivity index (χ3n) is 13.6. The molecule has 2 aromatic heterocycles. The van der Waals surface area contributed by atoms with Crippen LogP contribution in [-0.4, -0.2) is 147 Å². The molecular formula is C56H64N12O3. The molecule has 15 heteroatoms. The quantitative estimate of drug-likeness (QED) is 0.125. The van der Waals surface area contributed by atoms with Crippen molar-refractivity contribution in [2.75, 3.05) is 124 Å². The Bertz CT molecular complexity index is 2780. The zero-order valence-corrected chi connectivity index (χ0v) is 40.9. The zero-order chi connectivity index (χ0) is 49.5. The number of nitrogens with zero attached hydrogens (tertiary/aromatic N) is 11. The molecule has 0 radical (unpaired) electrons. The van der Waals surface area contributed by atoms with Gasteiger partial charge < -0.3 is 43.9 Å². The van der Waals surface area contributed by atoms with E-state index in [0.717, 1.165) is 133 Å². The molecule has 0 saturated carbocycles. The summed E-state index contributed by atoms with van der Waals surface area (Å²) in [5.41, 5.74) is 9.03. The number of aldehydes is 1. The second-order valence-corrected chi connectivity index (χ2v) is 18.2. The summed E-state index contributed by atoms with van der Waals surface area (Å²) in [7, 11) is 3.76. The summed E-state index contributed by atoms with van der Waals surface area (Å²) in [6.45, 7) is 21.8. The van der Waals surface area contributed by atoms with E-state index in [1.165, 1.54) is 16.9 Å². The van der Waals surface area contributed by atoms with E-state index in [4.69, 9.17) is 6.57 Å². The van der Waals surface area contributed by atoms with Gasteiger partial charge in [0.05, 0.1) is 17.8 Å². The number of amides is 2. The van der Waals surface area contributed by atoms with Crippen LogP contribution in [0.2, 0.25) is 0 Å². The SMILES string of the molecule is Cn1cc(C=O)cc1C(=O)N1CCN(c2ccccc2)CC1.Cn1cc(CN2CCN(c3ccccc3C#N)CC2)cc1C(=O)N1CCN(c2ccccc2)CC1.[C-]#[N+]c1ccccc1N1CCNCC1. The Labute approximate surface area is 418 Å². The number of benzene rings is 4. The highest BCUT2D eigenvalue weighted by Gasteiger charge is 2.27. The molecule has 10 rings (SSSR count). The Balaban J connectivity index is 0.000000159. The van der Waals surface area contributed by atoms with Gasteiger partial charge in [0.25, 0.3) is 11.8 Å². The number of aromatic nitrogens is 2. The molecule has 0 aliphatic carbocycles. The molecule has 2 amide bonds. The fourth-order valence-corrected chi connectivity index (χ4v) is 9.72. The van der Waals surface area contributed by atoms with Crippen LogP contribution in [0, 0.1) is 17.9 Å². The van der Waals surface area contributed by atoms with Crippen LogP contribution in [0.25, 0.3) is 4.85 Å². The highest BCUT2D eigenvalue weighted by Crippen LogP contribution is 2.28. The van der Waals surface area contributed by atoms with E-state index in [-0.39, 0.29) is 11.8 Å². The summed E-state index contributed by atoms with van der Waals surface area (Å²) in [4.78, 5) is 55.6. The van der Waals surface area contributed by atoms with Crippen molar-refractivity contribution in [2.45, 2.75) is 6.54 Å². The lowest BCUT2D eigenvalue weighted by atomic mass is 10.1. The molecule has 6 aromatic rings. The molecule has 4 saturated heterocycles. The first-order valence-electron chi connectivity index (χ1n) is 24.6. The standard InChI is InChI=1S/C28H32N6O.C17H19N3O2.C11H13N3/c1-30-21-23(22-31-11-13-33(14-12-31)26-10-6-5-7-24(26)20-29)19-27(30)28(35)34-17-15-32(16-18-34)25-8-3-2-4-9-25;1-18-12-14(13-21)11-16(18)17(22)20-9-7-19(8-10-20)15-5-3-2-4-6-15;1-12-10-4-2-3-5-11(10)14-8-6-13-7-9-14/h2-10,19,21H,11-18,22H2,1H3;2-6,11-13H,7-10H2,1H3;2-5,13H,6-9H2. The van der Waals surface area contributed by atoms with Crippen LogP contribution >= 0.6 is 0 Å². The smallest absolute Gasteiger partial charge is 0.270 e. The van der Waals surface area contributed by atoms with E-state index in [1.807, 2.05) is 94.2 Å². The fourth-order valence-electron chi connectivity index (χ4n) is 9.72. The average Bonchev–Trinajstić information content (AvgIpc) is 4.02. The number of rotatable bonds is 9. The molecule has 366 valence electrons. The van der Waals surface area contributed by atoms with E-state index >= 15 is 0 Å². The first-order valence-corrected chi connectivity index (χ1v) is 24.6.